The van der Waals surface area contributed by atoms with Crippen molar-refractivity contribution in [2.75, 3.05) is 13.6 Å². The van der Waals surface area contributed by atoms with Crippen LogP contribution >= 0.6 is 0 Å². The number of hydrogen-bond acceptors (Lipinski definition) is 2. The normalized spacial score (nSPS) is 19.6. The van der Waals surface area contributed by atoms with E-state index in [1.165, 1.54) is 34.2 Å². The Kier molecular flexibility index (Phi) is 4.11. The van der Waals surface area contributed by atoms with E-state index in [-0.39, 0.29) is 11.9 Å². The molecule has 1 aliphatic carbocycles. The second kappa shape index (κ2) is 6.40. The van der Waals surface area contributed by atoms with Crippen molar-refractivity contribution in [3.63, 3.8) is 0 Å². The van der Waals surface area contributed by atoms with Gasteiger partial charge in [0.25, 0.3) is 0 Å². The molecule has 1 amide bonds. The highest BCUT2D eigenvalue weighted by atomic mass is 16.2. The molecule has 4 rings (SSSR count). The quantitative estimate of drug-likeness (QED) is 0.802. The van der Waals surface area contributed by atoms with Gasteiger partial charge in [-0.3, -0.25) is 9.69 Å². The maximum absolute atomic E-state index is 12.2. The predicted octanol–water partition coefficient (Wildman–Crippen LogP) is 3.36. The number of carbonyl (C=O) groups is 1. The number of amides is 1. The molecule has 3 heteroatoms. The Morgan fingerprint density at radius 1 is 1.12 bits per heavy atom. The molecule has 2 aromatic rings. The molecule has 1 aliphatic heterocycles. The highest BCUT2D eigenvalue weighted by Crippen LogP contribution is 2.37. The molecule has 3 nitrogen and oxygen atoms in total. The van der Waals surface area contributed by atoms with E-state index in [1.807, 2.05) is 0 Å². The van der Waals surface area contributed by atoms with E-state index in [0.717, 1.165) is 32.4 Å². The van der Waals surface area contributed by atoms with Crippen molar-refractivity contribution in [2.24, 2.45) is 0 Å². The number of piperidine rings is 1. The van der Waals surface area contributed by atoms with Crippen molar-refractivity contribution >= 4 is 5.91 Å². The minimum atomic E-state index is 0.0224. The van der Waals surface area contributed by atoms with Crippen LogP contribution in [0.5, 0.6) is 0 Å². The number of hydrogen-bond donors (Lipinski definition) is 1. The van der Waals surface area contributed by atoms with E-state index < -0.39 is 0 Å². The Hall–Kier alpha value is -2.13. The zero-order valence-electron chi connectivity index (χ0n) is 14.2. The predicted molar refractivity (Wildman–Crippen MR) is 96.8 cm³/mol. The third kappa shape index (κ3) is 2.73. The number of likely N-dealkylation sites (tertiary alicyclic amines) is 1. The summed E-state index contributed by atoms with van der Waals surface area (Å²) < 4.78 is 0. The maximum Gasteiger partial charge on any atom is 0.237 e. The Balaban J connectivity index is 1.56. The molecule has 2 aromatic carbocycles. The number of benzene rings is 2. The van der Waals surface area contributed by atoms with Gasteiger partial charge in [0.15, 0.2) is 0 Å². The molecular weight excluding hydrogens is 296 g/mol. The Bertz CT molecular complexity index is 768. The first-order valence-corrected chi connectivity index (χ1v) is 8.92. The molecule has 0 spiro atoms. The number of likely N-dealkylation sites (N-methyl/N-ethyl adjacent to an activating group) is 1. The minimum absolute atomic E-state index is 0.0224. The van der Waals surface area contributed by atoms with Crippen LogP contribution in [0.25, 0.3) is 11.1 Å². The molecule has 0 bridgehead atoms. The van der Waals surface area contributed by atoms with Crippen molar-refractivity contribution in [3.05, 3.63) is 59.2 Å². The summed E-state index contributed by atoms with van der Waals surface area (Å²) >= 11 is 0. The molecule has 1 atom stereocenters. The summed E-state index contributed by atoms with van der Waals surface area (Å²) in [6.45, 7) is 1.87. The summed E-state index contributed by atoms with van der Waals surface area (Å²) in [7, 11) is 1.74. The minimum Gasteiger partial charge on any atom is -0.358 e. The van der Waals surface area contributed by atoms with Crippen LogP contribution in [0, 0.1) is 0 Å². The van der Waals surface area contributed by atoms with Gasteiger partial charge in [0.05, 0.1) is 6.04 Å². The second-order valence-electron chi connectivity index (χ2n) is 6.92. The van der Waals surface area contributed by atoms with Crippen molar-refractivity contribution in [1.82, 2.24) is 10.2 Å². The maximum atomic E-state index is 12.2. The molecule has 124 valence electrons. The highest BCUT2D eigenvalue weighted by Gasteiger charge is 2.28. The number of fused-ring (bicyclic) bond motifs is 3. The van der Waals surface area contributed by atoms with E-state index >= 15 is 0 Å². The van der Waals surface area contributed by atoms with E-state index in [4.69, 9.17) is 0 Å². The van der Waals surface area contributed by atoms with E-state index in [9.17, 15) is 4.79 Å². The van der Waals surface area contributed by atoms with Gasteiger partial charge in [0.1, 0.15) is 0 Å². The molecule has 0 aromatic heterocycles. The lowest BCUT2D eigenvalue weighted by Gasteiger charge is -2.34. The van der Waals surface area contributed by atoms with Gasteiger partial charge in [-0.05, 0) is 53.6 Å². The van der Waals surface area contributed by atoms with Crippen LogP contribution in [0.1, 0.15) is 36.0 Å². The molecule has 24 heavy (non-hydrogen) atoms. The first kappa shape index (κ1) is 15.4. The van der Waals surface area contributed by atoms with Crippen LogP contribution in [0.2, 0.25) is 0 Å². The highest BCUT2D eigenvalue weighted by molar-refractivity contribution is 5.81. The molecule has 1 heterocycles. The van der Waals surface area contributed by atoms with Gasteiger partial charge in [-0.2, -0.15) is 0 Å². The van der Waals surface area contributed by atoms with Gasteiger partial charge in [-0.15, -0.1) is 0 Å². The molecule has 1 saturated heterocycles. The fraction of sp³-hybridized carbons (Fsp3) is 0.381. The summed E-state index contributed by atoms with van der Waals surface area (Å²) in [6.07, 6.45) is 4.33. The fourth-order valence-corrected chi connectivity index (χ4v) is 4.18. The number of nitrogens with one attached hydrogen (secondary N) is 1. The van der Waals surface area contributed by atoms with Gasteiger partial charge in [-0.25, -0.2) is 0 Å². The third-order valence-corrected chi connectivity index (χ3v) is 5.41. The van der Waals surface area contributed by atoms with Crippen LogP contribution < -0.4 is 5.32 Å². The summed E-state index contributed by atoms with van der Waals surface area (Å²) in [5.41, 5.74) is 6.90. The summed E-state index contributed by atoms with van der Waals surface area (Å²) in [4.78, 5) is 14.5. The monoisotopic (exact) mass is 320 g/mol. The lowest BCUT2D eigenvalue weighted by atomic mass is 9.99. The molecule has 0 saturated carbocycles. The standard InChI is InChI=1S/C21H24N2O/c1-22-21(24)20-8-4-5-11-23(20)14-15-9-10-19-17(12-15)13-16-6-2-3-7-18(16)19/h2-3,6-7,9-10,12,20H,4-5,8,11,13-14H2,1H3,(H,22,24)/t20-/m0/s1. The molecule has 0 unspecified atom stereocenters. The summed E-state index contributed by atoms with van der Waals surface area (Å²) in [5.74, 6) is 0.156. The zero-order chi connectivity index (χ0) is 16.5. The van der Waals surface area contributed by atoms with Crippen LogP contribution in [0.15, 0.2) is 42.5 Å². The lowest BCUT2D eigenvalue weighted by molar-refractivity contribution is -0.127. The van der Waals surface area contributed by atoms with Crippen molar-refractivity contribution < 1.29 is 4.79 Å². The van der Waals surface area contributed by atoms with Gasteiger partial charge in [0, 0.05) is 13.6 Å². The largest absolute Gasteiger partial charge is 0.358 e. The van der Waals surface area contributed by atoms with Crippen molar-refractivity contribution in [3.8, 4) is 11.1 Å². The zero-order valence-corrected chi connectivity index (χ0v) is 14.2. The molecule has 1 fully saturated rings. The van der Waals surface area contributed by atoms with Gasteiger partial charge in [-0.1, -0.05) is 48.9 Å². The van der Waals surface area contributed by atoms with E-state index in [1.54, 1.807) is 7.05 Å². The van der Waals surface area contributed by atoms with Crippen LogP contribution in [0.4, 0.5) is 0 Å². The third-order valence-electron chi connectivity index (χ3n) is 5.41. The average molecular weight is 320 g/mol. The Morgan fingerprint density at radius 2 is 1.96 bits per heavy atom. The number of carbonyl (C=O) groups excluding carboxylic acids is 1. The fourth-order valence-electron chi connectivity index (χ4n) is 4.18. The second-order valence-corrected chi connectivity index (χ2v) is 6.92. The van der Waals surface area contributed by atoms with Crippen LogP contribution in [-0.2, 0) is 17.8 Å². The Morgan fingerprint density at radius 3 is 2.83 bits per heavy atom. The van der Waals surface area contributed by atoms with Gasteiger partial charge in [0.2, 0.25) is 5.91 Å². The summed E-state index contributed by atoms with van der Waals surface area (Å²) in [6, 6.07) is 15.5. The lowest BCUT2D eigenvalue weighted by Crippen LogP contribution is -2.48. The van der Waals surface area contributed by atoms with Crippen molar-refractivity contribution in [1.29, 1.82) is 0 Å². The van der Waals surface area contributed by atoms with Gasteiger partial charge < -0.3 is 5.32 Å². The first-order valence-electron chi connectivity index (χ1n) is 8.92. The van der Waals surface area contributed by atoms with E-state index in [2.05, 4.69) is 52.7 Å². The van der Waals surface area contributed by atoms with Crippen LogP contribution in [-0.4, -0.2) is 30.4 Å². The molecule has 2 aliphatic rings. The molecule has 0 radical (unpaired) electrons. The average Bonchev–Trinajstić information content (AvgIpc) is 2.99. The number of rotatable bonds is 3. The molecular formula is C21H24N2O. The molecule has 1 N–H and O–H groups in total. The van der Waals surface area contributed by atoms with Gasteiger partial charge >= 0.3 is 0 Å². The van der Waals surface area contributed by atoms with Crippen LogP contribution in [0.3, 0.4) is 0 Å². The van der Waals surface area contributed by atoms with Crippen molar-refractivity contribution in [2.45, 2.75) is 38.3 Å². The smallest absolute Gasteiger partial charge is 0.237 e. The number of nitrogens with zero attached hydrogens (tertiary/aromatic N) is 1. The SMILES string of the molecule is CNC(=O)[C@@H]1CCCCN1Cc1ccc2c(c1)Cc1ccccc1-2. The Labute approximate surface area is 143 Å². The summed E-state index contributed by atoms with van der Waals surface area (Å²) in [5, 5.41) is 2.82. The van der Waals surface area contributed by atoms with E-state index in [0.29, 0.717) is 0 Å². The topological polar surface area (TPSA) is 32.3 Å². The first-order chi connectivity index (χ1) is 11.8.